The zero-order chi connectivity index (χ0) is 19.9. The number of aryl methyl sites for hydroxylation is 1. The molecular weight excluding hydrogens is 360 g/mol. The number of hydrogen-bond donors (Lipinski definition) is 2. The quantitative estimate of drug-likeness (QED) is 0.695. The average molecular weight is 386 g/mol. The van der Waals surface area contributed by atoms with Gasteiger partial charge in [0.25, 0.3) is 0 Å². The van der Waals surface area contributed by atoms with E-state index >= 15 is 0 Å². The maximum Gasteiger partial charge on any atom is 0.246 e. The van der Waals surface area contributed by atoms with Crippen molar-refractivity contribution in [2.45, 2.75) is 19.5 Å². The number of piperazine rings is 1. The van der Waals surface area contributed by atoms with E-state index in [1.165, 1.54) is 0 Å². The maximum absolute atomic E-state index is 12.5. The molecule has 28 heavy (non-hydrogen) atoms. The summed E-state index contributed by atoms with van der Waals surface area (Å²) in [5.74, 6) is 0.840. The van der Waals surface area contributed by atoms with E-state index in [0.717, 1.165) is 31.7 Å². The summed E-state index contributed by atoms with van der Waals surface area (Å²) in [6, 6.07) is 8.54. The van der Waals surface area contributed by atoms with Crippen LogP contribution in [-0.2, 0) is 16.1 Å². The van der Waals surface area contributed by atoms with Crippen LogP contribution in [0.1, 0.15) is 23.3 Å². The fourth-order valence-corrected chi connectivity index (χ4v) is 3.20. The predicted octanol–water partition coefficient (Wildman–Crippen LogP) is 0.0991. The molecule has 1 atom stereocenters. The first-order valence-corrected chi connectivity index (χ1v) is 9.35. The number of amides is 2. The Kier molecular flexibility index (Phi) is 6.72. The largest absolute Gasteiger partial charge is 0.357 e. The molecule has 1 saturated heterocycles. The van der Waals surface area contributed by atoms with Gasteiger partial charge in [-0.1, -0.05) is 35.5 Å². The molecule has 9 heteroatoms. The number of carbonyl (C=O) groups excluding carboxylic acids is 2. The number of carbonyl (C=O) groups is 2. The molecule has 0 radical (unpaired) electrons. The van der Waals surface area contributed by atoms with Crippen LogP contribution in [0.15, 0.2) is 34.9 Å². The summed E-state index contributed by atoms with van der Waals surface area (Å²) in [5.41, 5.74) is 0.759. The smallest absolute Gasteiger partial charge is 0.246 e. The van der Waals surface area contributed by atoms with E-state index < -0.39 is 6.04 Å². The Morgan fingerprint density at radius 3 is 2.43 bits per heavy atom. The lowest BCUT2D eigenvalue weighted by molar-refractivity contribution is -0.129. The monoisotopic (exact) mass is 386 g/mol. The Labute approximate surface area is 164 Å². The van der Waals surface area contributed by atoms with Crippen LogP contribution in [0.3, 0.4) is 0 Å². The third-order valence-corrected chi connectivity index (χ3v) is 4.71. The van der Waals surface area contributed by atoms with E-state index in [1.54, 1.807) is 14.0 Å². The van der Waals surface area contributed by atoms with E-state index in [-0.39, 0.29) is 18.4 Å². The lowest BCUT2D eigenvalue weighted by Gasteiger charge is -2.33. The number of likely N-dealkylation sites (N-methyl/N-ethyl adjacent to an activating group) is 1. The summed E-state index contributed by atoms with van der Waals surface area (Å²) >= 11 is 0. The Morgan fingerprint density at radius 2 is 1.82 bits per heavy atom. The number of benzene rings is 1. The molecule has 0 aliphatic carbocycles. The molecule has 2 heterocycles. The molecule has 2 amide bonds. The molecule has 2 aromatic rings. The van der Waals surface area contributed by atoms with E-state index in [2.05, 4.69) is 30.6 Å². The molecule has 1 aromatic carbocycles. The van der Waals surface area contributed by atoms with Crippen LogP contribution in [0.4, 0.5) is 0 Å². The van der Waals surface area contributed by atoms with Gasteiger partial charge >= 0.3 is 0 Å². The summed E-state index contributed by atoms with van der Waals surface area (Å²) in [7, 11) is 1.56. The zero-order valence-electron chi connectivity index (χ0n) is 16.2. The van der Waals surface area contributed by atoms with Crippen molar-refractivity contribution >= 4 is 11.8 Å². The van der Waals surface area contributed by atoms with E-state index in [1.807, 2.05) is 30.3 Å². The second kappa shape index (κ2) is 9.43. The molecule has 3 rings (SSSR count). The fourth-order valence-electron chi connectivity index (χ4n) is 3.20. The molecule has 0 saturated carbocycles. The van der Waals surface area contributed by atoms with Crippen LogP contribution in [0.5, 0.6) is 0 Å². The van der Waals surface area contributed by atoms with Crippen molar-refractivity contribution in [2.75, 3.05) is 39.8 Å². The van der Waals surface area contributed by atoms with E-state index in [0.29, 0.717) is 18.3 Å². The van der Waals surface area contributed by atoms with Crippen LogP contribution in [-0.4, -0.2) is 71.5 Å². The second-order valence-corrected chi connectivity index (χ2v) is 6.81. The first kappa shape index (κ1) is 20.0. The van der Waals surface area contributed by atoms with Crippen molar-refractivity contribution < 1.29 is 14.1 Å². The van der Waals surface area contributed by atoms with Gasteiger partial charge in [-0.3, -0.25) is 19.4 Å². The van der Waals surface area contributed by atoms with Crippen LogP contribution >= 0.6 is 0 Å². The van der Waals surface area contributed by atoms with E-state index in [4.69, 9.17) is 4.52 Å². The van der Waals surface area contributed by atoms with Gasteiger partial charge in [0.1, 0.15) is 6.04 Å². The molecule has 0 bridgehead atoms. The van der Waals surface area contributed by atoms with E-state index in [9.17, 15) is 9.59 Å². The molecule has 1 unspecified atom stereocenters. The summed E-state index contributed by atoms with van der Waals surface area (Å²) in [4.78, 5) is 33.2. The van der Waals surface area contributed by atoms with Crippen molar-refractivity contribution in [3.8, 4) is 0 Å². The molecule has 9 nitrogen and oxygen atoms in total. The third-order valence-electron chi connectivity index (χ3n) is 4.71. The van der Waals surface area contributed by atoms with Gasteiger partial charge in [0.15, 0.2) is 5.82 Å². The van der Waals surface area contributed by atoms with Crippen molar-refractivity contribution in [3.05, 3.63) is 47.6 Å². The normalized spacial score (nSPS) is 16.5. The third kappa shape index (κ3) is 5.37. The van der Waals surface area contributed by atoms with Gasteiger partial charge in [0, 0.05) is 33.2 Å². The fraction of sp³-hybridized carbons (Fsp3) is 0.474. The summed E-state index contributed by atoms with van der Waals surface area (Å²) in [6.45, 7) is 5.82. The molecule has 1 fully saturated rings. The molecule has 1 aliphatic heterocycles. The molecule has 2 N–H and O–H groups in total. The van der Waals surface area contributed by atoms with Gasteiger partial charge in [-0.15, -0.1) is 0 Å². The van der Waals surface area contributed by atoms with Crippen LogP contribution in [0.25, 0.3) is 0 Å². The average Bonchev–Trinajstić information content (AvgIpc) is 3.12. The zero-order valence-corrected chi connectivity index (χ0v) is 16.2. The maximum atomic E-state index is 12.5. The number of nitrogens with zero attached hydrogens (tertiary/aromatic N) is 4. The summed E-state index contributed by atoms with van der Waals surface area (Å²) in [6.07, 6.45) is 0. The topological polar surface area (TPSA) is 104 Å². The van der Waals surface area contributed by atoms with Gasteiger partial charge in [-0.05, 0) is 12.5 Å². The second-order valence-electron chi connectivity index (χ2n) is 6.81. The van der Waals surface area contributed by atoms with Gasteiger partial charge < -0.3 is 15.2 Å². The minimum Gasteiger partial charge on any atom is -0.357 e. The molecule has 1 aromatic heterocycles. The standard InChI is InChI=1S/C19H26N6O3/c1-14-21-17(28-23-14)13-25-10-8-24(9-11-25)12-16(26)22-18(19(27)20-2)15-6-4-3-5-7-15/h3-7,18H,8-13H2,1-2H3,(H,20,27)(H,22,26). The summed E-state index contributed by atoms with van der Waals surface area (Å²) in [5, 5.41) is 9.26. The highest BCUT2D eigenvalue weighted by Gasteiger charge is 2.24. The Bertz CT molecular complexity index is 786. The Morgan fingerprint density at radius 1 is 1.14 bits per heavy atom. The lowest BCUT2D eigenvalue weighted by atomic mass is 10.1. The molecular formula is C19H26N6O3. The van der Waals surface area contributed by atoms with Crippen molar-refractivity contribution in [1.29, 1.82) is 0 Å². The van der Waals surface area contributed by atoms with Gasteiger partial charge in [0.05, 0.1) is 13.1 Å². The number of rotatable bonds is 7. The predicted molar refractivity (Wildman–Crippen MR) is 102 cm³/mol. The Hall–Kier alpha value is -2.78. The number of aromatic nitrogens is 2. The summed E-state index contributed by atoms with van der Waals surface area (Å²) < 4.78 is 5.16. The van der Waals surface area contributed by atoms with Crippen molar-refractivity contribution in [3.63, 3.8) is 0 Å². The van der Waals surface area contributed by atoms with Gasteiger partial charge in [0.2, 0.25) is 17.7 Å². The number of nitrogens with one attached hydrogen (secondary N) is 2. The highest BCUT2D eigenvalue weighted by Crippen LogP contribution is 2.13. The molecule has 1 aliphatic rings. The van der Waals surface area contributed by atoms with Crippen LogP contribution in [0, 0.1) is 6.92 Å². The number of hydrogen-bond acceptors (Lipinski definition) is 7. The first-order valence-electron chi connectivity index (χ1n) is 9.35. The van der Waals surface area contributed by atoms with Crippen LogP contribution < -0.4 is 10.6 Å². The molecule has 0 spiro atoms. The lowest BCUT2D eigenvalue weighted by Crippen LogP contribution is -2.50. The molecule has 150 valence electrons. The minimum atomic E-state index is -0.694. The highest BCUT2D eigenvalue weighted by atomic mass is 16.5. The minimum absolute atomic E-state index is 0.168. The first-order chi connectivity index (χ1) is 13.5. The highest BCUT2D eigenvalue weighted by molar-refractivity contribution is 5.89. The van der Waals surface area contributed by atoms with Crippen molar-refractivity contribution in [2.24, 2.45) is 0 Å². The van der Waals surface area contributed by atoms with Gasteiger partial charge in [-0.25, -0.2) is 0 Å². The van der Waals surface area contributed by atoms with Crippen molar-refractivity contribution in [1.82, 2.24) is 30.6 Å². The Balaban J connectivity index is 1.48. The SMILES string of the molecule is CNC(=O)C(NC(=O)CN1CCN(Cc2nc(C)no2)CC1)c1ccccc1. The van der Waals surface area contributed by atoms with Gasteiger partial charge in [-0.2, -0.15) is 4.98 Å². The van der Waals surface area contributed by atoms with Crippen LogP contribution in [0.2, 0.25) is 0 Å².